The second-order valence-corrected chi connectivity index (χ2v) is 5.01. The second-order valence-electron chi connectivity index (χ2n) is 4.61. The molecule has 0 aromatic heterocycles. The summed E-state index contributed by atoms with van der Waals surface area (Å²) in [6, 6.07) is 4.03. The standard InChI is InChI=1S/C13H15ClFNO3/c1-13(12(17)18,16-4-6-19-7-5-16)9-2-3-11(15)10(14)8-9/h2-3,8H,4-7H2,1H3,(H,17,18). The number of rotatable bonds is 3. The van der Waals surface area contributed by atoms with Gasteiger partial charge in [0, 0.05) is 13.1 Å². The first kappa shape index (κ1) is 14.2. The molecule has 1 aliphatic heterocycles. The van der Waals surface area contributed by atoms with Crippen LogP contribution in [-0.4, -0.2) is 42.3 Å². The van der Waals surface area contributed by atoms with Crippen LogP contribution in [0.5, 0.6) is 0 Å². The number of hydrogen-bond acceptors (Lipinski definition) is 3. The van der Waals surface area contributed by atoms with Crippen LogP contribution in [-0.2, 0) is 15.1 Å². The number of aliphatic carboxylic acids is 1. The maximum atomic E-state index is 13.2. The number of morpholine rings is 1. The van der Waals surface area contributed by atoms with E-state index in [4.69, 9.17) is 16.3 Å². The van der Waals surface area contributed by atoms with Crippen molar-refractivity contribution in [3.63, 3.8) is 0 Å². The molecule has 0 amide bonds. The highest BCUT2D eigenvalue weighted by Crippen LogP contribution is 2.32. The van der Waals surface area contributed by atoms with Gasteiger partial charge < -0.3 is 9.84 Å². The van der Waals surface area contributed by atoms with Gasteiger partial charge in [0.2, 0.25) is 0 Å². The number of nitrogens with zero attached hydrogens (tertiary/aromatic N) is 1. The van der Waals surface area contributed by atoms with Crippen molar-refractivity contribution in [1.29, 1.82) is 0 Å². The Hall–Kier alpha value is -1.17. The maximum Gasteiger partial charge on any atom is 0.328 e. The summed E-state index contributed by atoms with van der Waals surface area (Å²) < 4.78 is 18.4. The minimum atomic E-state index is -1.23. The Kier molecular flexibility index (Phi) is 4.08. The zero-order valence-electron chi connectivity index (χ0n) is 10.5. The number of benzene rings is 1. The van der Waals surface area contributed by atoms with Crippen molar-refractivity contribution >= 4 is 17.6 Å². The Bertz CT molecular complexity index is 491. The topological polar surface area (TPSA) is 49.8 Å². The number of hydrogen-bond donors (Lipinski definition) is 1. The lowest BCUT2D eigenvalue weighted by Gasteiger charge is -2.40. The van der Waals surface area contributed by atoms with E-state index in [0.29, 0.717) is 31.9 Å². The van der Waals surface area contributed by atoms with E-state index in [2.05, 4.69) is 0 Å². The summed E-state index contributed by atoms with van der Waals surface area (Å²) in [6.07, 6.45) is 0. The van der Waals surface area contributed by atoms with E-state index >= 15 is 0 Å². The highest BCUT2D eigenvalue weighted by Gasteiger charge is 2.42. The molecular weight excluding hydrogens is 273 g/mol. The molecule has 1 saturated heterocycles. The van der Waals surface area contributed by atoms with Crippen LogP contribution in [0, 0.1) is 5.82 Å². The fourth-order valence-electron chi connectivity index (χ4n) is 2.25. The first-order valence-corrected chi connectivity index (χ1v) is 6.36. The number of carboxylic acids is 1. The van der Waals surface area contributed by atoms with Crippen LogP contribution in [0.25, 0.3) is 0 Å². The van der Waals surface area contributed by atoms with Crippen LogP contribution in [0.4, 0.5) is 4.39 Å². The monoisotopic (exact) mass is 287 g/mol. The van der Waals surface area contributed by atoms with Gasteiger partial charge in [0.05, 0.1) is 18.2 Å². The molecule has 1 atom stereocenters. The van der Waals surface area contributed by atoms with Crippen LogP contribution < -0.4 is 0 Å². The van der Waals surface area contributed by atoms with Gasteiger partial charge in [-0.05, 0) is 24.6 Å². The lowest BCUT2D eigenvalue weighted by Crippen LogP contribution is -2.54. The molecule has 6 heteroatoms. The summed E-state index contributed by atoms with van der Waals surface area (Å²) in [5, 5.41) is 9.51. The smallest absolute Gasteiger partial charge is 0.328 e. The Labute approximate surface area is 115 Å². The third kappa shape index (κ3) is 2.59. The van der Waals surface area contributed by atoms with Gasteiger partial charge in [0.25, 0.3) is 0 Å². The van der Waals surface area contributed by atoms with Gasteiger partial charge in [-0.15, -0.1) is 0 Å². The average Bonchev–Trinajstić information content (AvgIpc) is 2.41. The molecule has 1 aromatic rings. The van der Waals surface area contributed by atoms with E-state index < -0.39 is 17.3 Å². The minimum Gasteiger partial charge on any atom is -0.480 e. The lowest BCUT2D eigenvalue weighted by molar-refractivity contribution is -0.154. The Balaban J connectivity index is 2.42. The average molecular weight is 288 g/mol. The first-order chi connectivity index (χ1) is 8.96. The number of carbonyl (C=O) groups is 1. The molecule has 104 valence electrons. The molecule has 0 bridgehead atoms. The summed E-state index contributed by atoms with van der Waals surface area (Å²) in [4.78, 5) is 13.5. The zero-order valence-corrected chi connectivity index (χ0v) is 11.3. The molecule has 4 nitrogen and oxygen atoms in total. The van der Waals surface area contributed by atoms with Gasteiger partial charge in [-0.1, -0.05) is 17.7 Å². The van der Waals surface area contributed by atoms with E-state index in [9.17, 15) is 14.3 Å². The Morgan fingerprint density at radius 2 is 2.11 bits per heavy atom. The van der Waals surface area contributed by atoms with Gasteiger partial charge in [-0.2, -0.15) is 0 Å². The second kappa shape index (κ2) is 5.45. The summed E-state index contributed by atoms with van der Waals surface area (Å²) in [5.74, 6) is -1.54. The molecular formula is C13H15ClFNO3. The van der Waals surface area contributed by atoms with E-state index in [0.717, 1.165) is 0 Å². The number of halogens is 2. The summed E-state index contributed by atoms with van der Waals surface area (Å²) >= 11 is 5.75. The Morgan fingerprint density at radius 1 is 1.47 bits per heavy atom. The van der Waals surface area contributed by atoms with Crippen LogP contribution in [0.1, 0.15) is 12.5 Å². The predicted octanol–water partition coefficient (Wildman–Crippen LogP) is 2.11. The van der Waals surface area contributed by atoms with Crippen molar-refractivity contribution in [2.45, 2.75) is 12.5 Å². The zero-order chi connectivity index (χ0) is 14.0. The van der Waals surface area contributed by atoms with Gasteiger partial charge in [0.1, 0.15) is 11.4 Å². The molecule has 0 radical (unpaired) electrons. The van der Waals surface area contributed by atoms with E-state index in [-0.39, 0.29) is 5.02 Å². The number of ether oxygens (including phenoxy) is 1. The molecule has 1 N–H and O–H groups in total. The lowest BCUT2D eigenvalue weighted by atomic mass is 9.89. The Morgan fingerprint density at radius 3 is 2.63 bits per heavy atom. The molecule has 1 heterocycles. The molecule has 2 rings (SSSR count). The summed E-state index contributed by atoms with van der Waals surface area (Å²) in [5.41, 5.74) is -0.769. The van der Waals surface area contributed by atoms with Crippen LogP contribution >= 0.6 is 11.6 Å². The van der Waals surface area contributed by atoms with Crippen molar-refractivity contribution in [1.82, 2.24) is 4.90 Å². The molecule has 1 fully saturated rings. The van der Waals surface area contributed by atoms with Crippen molar-refractivity contribution in [2.24, 2.45) is 0 Å². The summed E-state index contributed by atoms with van der Waals surface area (Å²) in [7, 11) is 0. The molecule has 1 aromatic carbocycles. The molecule has 1 aliphatic rings. The molecule has 19 heavy (non-hydrogen) atoms. The predicted molar refractivity (Wildman–Crippen MR) is 68.8 cm³/mol. The highest BCUT2D eigenvalue weighted by atomic mass is 35.5. The maximum absolute atomic E-state index is 13.2. The third-order valence-corrected chi connectivity index (χ3v) is 3.83. The van der Waals surface area contributed by atoms with Crippen molar-refractivity contribution in [3.8, 4) is 0 Å². The molecule has 0 aliphatic carbocycles. The van der Waals surface area contributed by atoms with Gasteiger partial charge in [-0.25, -0.2) is 9.18 Å². The highest BCUT2D eigenvalue weighted by molar-refractivity contribution is 6.30. The largest absolute Gasteiger partial charge is 0.480 e. The molecule has 0 saturated carbocycles. The van der Waals surface area contributed by atoms with E-state index in [1.54, 1.807) is 6.92 Å². The molecule has 0 spiro atoms. The van der Waals surface area contributed by atoms with Crippen molar-refractivity contribution in [2.75, 3.05) is 26.3 Å². The van der Waals surface area contributed by atoms with Gasteiger partial charge >= 0.3 is 5.97 Å². The first-order valence-electron chi connectivity index (χ1n) is 5.98. The third-order valence-electron chi connectivity index (χ3n) is 3.54. The van der Waals surface area contributed by atoms with Gasteiger partial charge in [0.15, 0.2) is 0 Å². The van der Waals surface area contributed by atoms with Crippen LogP contribution in [0.3, 0.4) is 0 Å². The fourth-order valence-corrected chi connectivity index (χ4v) is 2.43. The van der Waals surface area contributed by atoms with Gasteiger partial charge in [-0.3, -0.25) is 4.90 Å². The van der Waals surface area contributed by atoms with Crippen molar-refractivity contribution < 1.29 is 19.0 Å². The van der Waals surface area contributed by atoms with E-state index in [1.807, 2.05) is 4.90 Å². The SMILES string of the molecule is CC(C(=O)O)(c1ccc(F)c(Cl)c1)N1CCOCC1. The van der Waals surface area contributed by atoms with Crippen LogP contribution in [0.15, 0.2) is 18.2 Å². The van der Waals surface area contributed by atoms with E-state index in [1.165, 1.54) is 18.2 Å². The summed E-state index contributed by atoms with van der Waals surface area (Å²) in [6.45, 7) is 3.59. The van der Waals surface area contributed by atoms with Crippen LogP contribution in [0.2, 0.25) is 5.02 Å². The minimum absolute atomic E-state index is 0.0711. The number of carboxylic acid groups (broad SMARTS) is 1. The normalized spacial score (nSPS) is 19.9. The fraction of sp³-hybridized carbons (Fsp3) is 0.462. The van der Waals surface area contributed by atoms with Crippen molar-refractivity contribution in [3.05, 3.63) is 34.6 Å². The quantitative estimate of drug-likeness (QED) is 0.925. The molecule has 1 unspecified atom stereocenters.